The second-order valence-electron chi connectivity index (χ2n) is 8.89. The van der Waals surface area contributed by atoms with Crippen molar-refractivity contribution < 1.29 is 27.5 Å². The van der Waals surface area contributed by atoms with Crippen LogP contribution in [0.5, 0.6) is 0 Å². The van der Waals surface area contributed by atoms with Gasteiger partial charge in [0.25, 0.3) is 15.9 Å². The van der Waals surface area contributed by atoms with Gasteiger partial charge in [0, 0.05) is 19.2 Å². The van der Waals surface area contributed by atoms with Crippen LogP contribution in [0.4, 0.5) is 0 Å². The van der Waals surface area contributed by atoms with E-state index in [0.29, 0.717) is 38.1 Å². The van der Waals surface area contributed by atoms with Gasteiger partial charge in [-0.25, -0.2) is 22.9 Å². The van der Waals surface area contributed by atoms with Crippen molar-refractivity contribution in [2.24, 2.45) is 5.92 Å². The second kappa shape index (κ2) is 13.7. The van der Waals surface area contributed by atoms with Crippen molar-refractivity contribution in [3.8, 4) is 0 Å². The molecule has 9 nitrogen and oxygen atoms in total. The minimum atomic E-state index is -4.11. The molecular formula is C26H35N3O6S. The van der Waals surface area contributed by atoms with E-state index in [9.17, 15) is 22.8 Å². The van der Waals surface area contributed by atoms with Gasteiger partial charge in [-0.3, -0.25) is 9.59 Å². The molecule has 2 N–H and O–H groups in total. The molecule has 1 aromatic heterocycles. The summed E-state index contributed by atoms with van der Waals surface area (Å²) in [5, 5.41) is 2.85. The number of benzene rings is 1. The molecule has 0 unspecified atom stereocenters. The Morgan fingerprint density at radius 1 is 1.00 bits per heavy atom. The predicted molar refractivity (Wildman–Crippen MR) is 136 cm³/mol. The summed E-state index contributed by atoms with van der Waals surface area (Å²) in [6, 6.07) is 8.73. The first kappa shape index (κ1) is 29.0. The monoisotopic (exact) mass is 517 g/mol. The zero-order chi connectivity index (χ0) is 26.7. The number of sulfonamides is 1. The van der Waals surface area contributed by atoms with Crippen molar-refractivity contribution >= 4 is 27.8 Å². The lowest BCUT2D eigenvalue weighted by Gasteiger charge is -2.13. The molecule has 0 saturated heterocycles. The summed E-state index contributed by atoms with van der Waals surface area (Å²) in [5.74, 6) is -1.00. The number of esters is 1. The smallest absolute Gasteiger partial charge is 0.357 e. The van der Waals surface area contributed by atoms with Gasteiger partial charge in [0.1, 0.15) is 11.8 Å². The first-order valence-electron chi connectivity index (χ1n) is 12.2. The average molecular weight is 518 g/mol. The largest absolute Gasteiger partial charge is 0.458 e. The molecule has 0 radical (unpaired) electrons. The third kappa shape index (κ3) is 9.07. The molecule has 36 heavy (non-hydrogen) atoms. The molecule has 10 heteroatoms. The molecular weight excluding hydrogens is 482 g/mol. The lowest BCUT2D eigenvalue weighted by molar-refractivity contribution is -0.121. The van der Waals surface area contributed by atoms with E-state index in [1.54, 1.807) is 12.1 Å². The van der Waals surface area contributed by atoms with Crippen LogP contribution in [0.2, 0.25) is 0 Å². The molecule has 0 fully saturated rings. The maximum atomic E-state index is 12.6. The van der Waals surface area contributed by atoms with Gasteiger partial charge in [0.15, 0.2) is 0 Å². The number of carbonyl (C=O) groups is 3. The van der Waals surface area contributed by atoms with Crippen LogP contribution in [-0.4, -0.2) is 43.8 Å². The molecule has 2 aromatic rings. The molecule has 0 bridgehead atoms. The SMILES string of the molecule is CCC(CC)OC(=O)c1ccc(C(=O)NS(=O)(=O)c2ccc(CCNC(=O)CCC(C)C)cc2)cn1. The van der Waals surface area contributed by atoms with E-state index in [1.807, 2.05) is 18.6 Å². The quantitative estimate of drug-likeness (QED) is 0.388. The van der Waals surface area contributed by atoms with Crippen molar-refractivity contribution in [1.29, 1.82) is 0 Å². The Morgan fingerprint density at radius 2 is 1.67 bits per heavy atom. The van der Waals surface area contributed by atoms with E-state index in [-0.39, 0.29) is 28.2 Å². The van der Waals surface area contributed by atoms with Gasteiger partial charge in [-0.2, -0.15) is 0 Å². The average Bonchev–Trinajstić information content (AvgIpc) is 2.86. The van der Waals surface area contributed by atoms with E-state index in [2.05, 4.69) is 24.1 Å². The molecule has 0 atom stereocenters. The fourth-order valence-corrected chi connectivity index (χ4v) is 4.22. The Bertz CT molecular complexity index is 1130. The fraction of sp³-hybridized carbons (Fsp3) is 0.462. The van der Waals surface area contributed by atoms with E-state index in [0.717, 1.165) is 18.2 Å². The maximum Gasteiger partial charge on any atom is 0.357 e. The highest BCUT2D eigenvalue weighted by Crippen LogP contribution is 2.13. The number of ether oxygens (including phenoxy) is 1. The van der Waals surface area contributed by atoms with Crippen LogP contribution >= 0.6 is 0 Å². The van der Waals surface area contributed by atoms with Crippen LogP contribution in [0.1, 0.15) is 79.8 Å². The van der Waals surface area contributed by atoms with Crippen LogP contribution in [-0.2, 0) is 26.0 Å². The van der Waals surface area contributed by atoms with Crippen LogP contribution in [0.3, 0.4) is 0 Å². The van der Waals surface area contributed by atoms with Crippen LogP contribution < -0.4 is 10.0 Å². The minimum absolute atomic E-state index is 0.00358. The summed E-state index contributed by atoms with van der Waals surface area (Å²) in [6.07, 6.45) is 4.13. The Kier molecular flexibility index (Phi) is 11.0. The number of rotatable bonds is 13. The van der Waals surface area contributed by atoms with Gasteiger partial charge < -0.3 is 10.1 Å². The number of nitrogens with one attached hydrogen (secondary N) is 2. The summed E-state index contributed by atoms with van der Waals surface area (Å²) < 4.78 is 32.6. The topological polar surface area (TPSA) is 132 Å². The number of aromatic nitrogens is 1. The molecule has 2 rings (SSSR count). The van der Waals surface area contributed by atoms with E-state index in [1.165, 1.54) is 24.3 Å². The Labute approximate surface area is 213 Å². The number of amides is 2. The maximum absolute atomic E-state index is 12.6. The minimum Gasteiger partial charge on any atom is -0.458 e. The first-order valence-corrected chi connectivity index (χ1v) is 13.6. The summed E-state index contributed by atoms with van der Waals surface area (Å²) >= 11 is 0. The Balaban J connectivity index is 1.92. The second-order valence-corrected chi connectivity index (χ2v) is 10.6. The third-order valence-corrected chi connectivity index (χ3v) is 6.91. The third-order valence-electron chi connectivity index (χ3n) is 5.56. The summed E-state index contributed by atoms with van der Waals surface area (Å²) in [6.45, 7) is 8.39. The molecule has 1 aromatic carbocycles. The molecule has 0 aliphatic carbocycles. The Hall–Kier alpha value is -3.27. The number of hydrogen-bond acceptors (Lipinski definition) is 7. The zero-order valence-electron chi connectivity index (χ0n) is 21.2. The standard InChI is InChI=1S/C26H35N3O6S/c1-5-21(6-2)35-26(32)23-13-10-20(17-28-23)25(31)29-36(33,34)22-11-8-19(9-12-22)15-16-27-24(30)14-7-18(3)4/h8-13,17-18,21H,5-7,14-16H2,1-4H3,(H,27,30)(H,29,31). The van der Waals surface area contributed by atoms with Crippen LogP contribution in [0, 0.1) is 5.92 Å². The van der Waals surface area contributed by atoms with Crippen molar-refractivity contribution in [3.63, 3.8) is 0 Å². The highest BCUT2D eigenvalue weighted by molar-refractivity contribution is 7.90. The van der Waals surface area contributed by atoms with Gasteiger partial charge in [-0.05, 0) is 61.4 Å². The fourth-order valence-electron chi connectivity index (χ4n) is 3.25. The molecule has 196 valence electrons. The number of pyridine rings is 1. The molecule has 0 saturated carbocycles. The van der Waals surface area contributed by atoms with Gasteiger partial charge in [0.2, 0.25) is 5.91 Å². The van der Waals surface area contributed by atoms with Gasteiger partial charge in [-0.1, -0.05) is 39.8 Å². The highest BCUT2D eigenvalue weighted by atomic mass is 32.2. The number of carbonyl (C=O) groups excluding carboxylic acids is 3. The van der Waals surface area contributed by atoms with Crippen LogP contribution in [0.25, 0.3) is 0 Å². The summed E-state index contributed by atoms with van der Waals surface area (Å²) in [7, 11) is -4.11. The lowest BCUT2D eigenvalue weighted by atomic mass is 10.1. The van der Waals surface area contributed by atoms with Crippen molar-refractivity contribution in [2.75, 3.05) is 6.54 Å². The predicted octanol–water partition coefficient (Wildman–Crippen LogP) is 3.64. The van der Waals surface area contributed by atoms with E-state index in [4.69, 9.17) is 4.74 Å². The highest BCUT2D eigenvalue weighted by Gasteiger charge is 2.20. The zero-order valence-corrected chi connectivity index (χ0v) is 22.1. The van der Waals surface area contributed by atoms with Crippen LogP contribution in [0.15, 0.2) is 47.5 Å². The Morgan fingerprint density at radius 3 is 2.22 bits per heavy atom. The molecule has 1 heterocycles. The number of nitrogens with zero attached hydrogens (tertiary/aromatic N) is 1. The molecule has 2 amide bonds. The lowest BCUT2D eigenvalue weighted by Crippen LogP contribution is -2.30. The summed E-state index contributed by atoms with van der Waals surface area (Å²) in [4.78, 5) is 40.3. The molecule has 0 aliphatic rings. The van der Waals surface area contributed by atoms with Crippen molar-refractivity contribution in [1.82, 2.24) is 15.0 Å². The molecule has 0 aliphatic heterocycles. The van der Waals surface area contributed by atoms with E-state index < -0.39 is 21.9 Å². The van der Waals surface area contributed by atoms with Gasteiger partial charge >= 0.3 is 5.97 Å². The first-order chi connectivity index (χ1) is 17.1. The van der Waals surface area contributed by atoms with Crippen molar-refractivity contribution in [2.45, 2.75) is 70.8 Å². The number of hydrogen-bond donors (Lipinski definition) is 2. The molecule has 0 spiro atoms. The van der Waals surface area contributed by atoms with E-state index >= 15 is 0 Å². The van der Waals surface area contributed by atoms with Crippen molar-refractivity contribution in [3.05, 3.63) is 59.4 Å². The van der Waals surface area contributed by atoms with Gasteiger partial charge in [-0.15, -0.1) is 0 Å². The summed E-state index contributed by atoms with van der Waals surface area (Å²) in [5.41, 5.74) is 0.875. The normalized spacial score (nSPS) is 11.4. The van der Waals surface area contributed by atoms with Gasteiger partial charge in [0.05, 0.1) is 10.5 Å².